The summed E-state index contributed by atoms with van der Waals surface area (Å²) in [5.74, 6) is 1.23. The monoisotopic (exact) mass is 246 g/mol. The molecule has 0 atom stereocenters. The Labute approximate surface area is 101 Å². The zero-order valence-electron chi connectivity index (χ0n) is 8.84. The average molecular weight is 247 g/mol. The second-order valence-electron chi connectivity index (χ2n) is 3.16. The summed E-state index contributed by atoms with van der Waals surface area (Å²) in [5, 5.41) is 3.09. The van der Waals surface area contributed by atoms with Crippen molar-refractivity contribution in [2.24, 2.45) is 0 Å². The van der Waals surface area contributed by atoms with Gasteiger partial charge in [0.25, 0.3) is 0 Å². The predicted octanol–water partition coefficient (Wildman–Crippen LogP) is 3.01. The predicted molar refractivity (Wildman–Crippen MR) is 69.6 cm³/mol. The van der Waals surface area contributed by atoms with Crippen LogP contribution in [0, 0.1) is 0 Å². The molecule has 4 heteroatoms. The van der Waals surface area contributed by atoms with Crippen molar-refractivity contribution in [3.8, 4) is 0 Å². The van der Waals surface area contributed by atoms with Crippen LogP contribution in [0.2, 0.25) is 0 Å². The molecule has 0 aliphatic rings. The molecule has 0 saturated heterocycles. The van der Waals surface area contributed by atoms with Crippen molar-refractivity contribution in [3.05, 3.63) is 24.3 Å². The lowest BCUT2D eigenvalue weighted by molar-refractivity contribution is 0.874. The van der Waals surface area contributed by atoms with Gasteiger partial charge in [-0.25, -0.2) is 0 Å². The largest absolute Gasteiger partial charge is 0.388 e. The Balaban J connectivity index is 2.72. The van der Waals surface area contributed by atoms with Gasteiger partial charge in [0.05, 0.1) is 0 Å². The molecule has 1 N–H and O–H groups in total. The normalized spacial score (nSPS) is 10.1. The molecule has 84 valence electrons. The minimum atomic E-state index is 0.616. The minimum Gasteiger partial charge on any atom is -0.388 e. The fourth-order valence-corrected chi connectivity index (χ4v) is 1.82. The summed E-state index contributed by atoms with van der Waals surface area (Å²) in [5.41, 5.74) is 2.27. The fourth-order valence-electron chi connectivity index (χ4n) is 1.41. The van der Waals surface area contributed by atoms with Crippen molar-refractivity contribution in [1.82, 2.24) is 0 Å². The summed E-state index contributed by atoms with van der Waals surface area (Å²) in [6, 6.07) is 8.24. The number of anilines is 2. The van der Waals surface area contributed by atoms with Crippen molar-refractivity contribution < 1.29 is 0 Å². The second-order valence-corrected chi connectivity index (χ2v) is 3.92. The third-order valence-corrected chi connectivity index (χ3v) is 2.57. The maximum atomic E-state index is 5.74. The lowest BCUT2D eigenvalue weighted by Gasteiger charge is -2.22. The molecule has 2 nitrogen and oxygen atoms in total. The highest BCUT2D eigenvalue weighted by molar-refractivity contribution is 6.18. The molecular formula is C11H16Cl2N2. The molecule has 0 aromatic heterocycles. The van der Waals surface area contributed by atoms with Crippen molar-refractivity contribution in [1.29, 1.82) is 0 Å². The quantitative estimate of drug-likeness (QED) is 0.777. The summed E-state index contributed by atoms with van der Waals surface area (Å²) in [7, 11) is 1.91. The topological polar surface area (TPSA) is 15.3 Å². The molecule has 0 saturated carbocycles. The molecule has 0 amide bonds. The van der Waals surface area contributed by atoms with E-state index >= 15 is 0 Å². The Bertz CT molecular complexity index is 268. The maximum Gasteiger partial charge on any atom is 0.0399 e. The van der Waals surface area contributed by atoms with Crippen LogP contribution in [0.25, 0.3) is 0 Å². The van der Waals surface area contributed by atoms with E-state index in [0.717, 1.165) is 24.5 Å². The zero-order chi connectivity index (χ0) is 11.1. The van der Waals surface area contributed by atoms with Crippen LogP contribution in [0.4, 0.5) is 11.4 Å². The van der Waals surface area contributed by atoms with Gasteiger partial charge in [0.1, 0.15) is 0 Å². The number of hydrogen-bond donors (Lipinski definition) is 1. The van der Waals surface area contributed by atoms with Gasteiger partial charge in [0.15, 0.2) is 0 Å². The SMILES string of the molecule is CNc1ccc(N(CCCl)CCCl)cc1. The summed E-state index contributed by atoms with van der Waals surface area (Å²) in [6.45, 7) is 1.65. The van der Waals surface area contributed by atoms with Gasteiger partial charge in [0.2, 0.25) is 0 Å². The van der Waals surface area contributed by atoms with Crippen LogP contribution in [0.3, 0.4) is 0 Å². The molecule has 15 heavy (non-hydrogen) atoms. The van der Waals surface area contributed by atoms with Gasteiger partial charge in [-0.15, -0.1) is 23.2 Å². The molecule has 0 aliphatic heterocycles. The van der Waals surface area contributed by atoms with Crippen LogP contribution >= 0.6 is 23.2 Å². The number of halogens is 2. The second kappa shape index (κ2) is 6.81. The minimum absolute atomic E-state index is 0.616. The number of alkyl halides is 2. The van der Waals surface area contributed by atoms with Gasteiger partial charge in [-0.05, 0) is 24.3 Å². The first-order valence-corrected chi connectivity index (χ1v) is 6.03. The van der Waals surface area contributed by atoms with E-state index in [1.165, 1.54) is 0 Å². The molecule has 1 rings (SSSR count). The Morgan fingerprint density at radius 2 is 1.60 bits per heavy atom. The number of nitrogens with zero attached hydrogens (tertiary/aromatic N) is 1. The van der Waals surface area contributed by atoms with Gasteiger partial charge in [-0.3, -0.25) is 0 Å². The van der Waals surface area contributed by atoms with E-state index in [9.17, 15) is 0 Å². The Morgan fingerprint density at radius 3 is 2.00 bits per heavy atom. The highest BCUT2D eigenvalue weighted by Crippen LogP contribution is 2.17. The standard InChI is InChI=1S/C11H16Cl2N2/c1-14-10-2-4-11(5-3-10)15(8-6-12)9-7-13/h2-5,14H,6-9H2,1H3. The van der Waals surface area contributed by atoms with E-state index in [2.05, 4.69) is 22.3 Å². The van der Waals surface area contributed by atoms with Crippen LogP contribution < -0.4 is 10.2 Å². The lowest BCUT2D eigenvalue weighted by atomic mass is 10.2. The first-order valence-electron chi connectivity index (χ1n) is 4.96. The van der Waals surface area contributed by atoms with Crippen molar-refractivity contribution >= 4 is 34.6 Å². The third kappa shape index (κ3) is 3.80. The summed E-state index contributed by atoms with van der Waals surface area (Å²) in [6.07, 6.45) is 0. The fraction of sp³-hybridized carbons (Fsp3) is 0.455. The van der Waals surface area contributed by atoms with Crippen LogP contribution in [0.15, 0.2) is 24.3 Å². The maximum absolute atomic E-state index is 5.74. The van der Waals surface area contributed by atoms with E-state index in [-0.39, 0.29) is 0 Å². The van der Waals surface area contributed by atoms with E-state index in [0.29, 0.717) is 11.8 Å². The van der Waals surface area contributed by atoms with Gasteiger partial charge in [-0.1, -0.05) is 0 Å². The molecule has 1 aromatic carbocycles. The number of benzene rings is 1. The van der Waals surface area contributed by atoms with Crippen LogP contribution in [-0.2, 0) is 0 Å². The smallest absolute Gasteiger partial charge is 0.0399 e. The van der Waals surface area contributed by atoms with Crippen LogP contribution in [-0.4, -0.2) is 31.9 Å². The van der Waals surface area contributed by atoms with Crippen LogP contribution in [0.5, 0.6) is 0 Å². The van der Waals surface area contributed by atoms with E-state index < -0.39 is 0 Å². The van der Waals surface area contributed by atoms with Gasteiger partial charge < -0.3 is 10.2 Å². The molecule has 0 unspecified atom stereocenters. The van der Waals surface area contributed by atoms with Crippen molar-refractivity contribution in [3.63, 3.8) is 0 Å². The van der Waals surface area contributed by atoms with Crippen molar-refractivity contribution in [2.75, 3.05) is 42.1 Å². The van der Waals surface area contributed by atoms with E-state index in [1.807, 2.05) is 19.2 Å². The molecule has 0 radical (unpaired) electrons. The first kappa shape index (κ1) is 12.5. The molecule has 0 bridgehead atoms. The zero-order valence-corrected chi connectivity index (χ0v) is 10.4. The highest BCUT2D eigenvalue weighted by Gasteiger charge is 2.04. The van der Waals surface area contributed by atoms with E-state index in [4.69, 9.17) is 23.2 Å². The molecule has 0 fully saturated rings. The number of rotatable bonds is 6. The summed E-state index contributed by atoms with van der Waals surface area (Å²) in [4.78, 5) is 2.18. The third-order valence-electron chi connectivity index (χ3n) is 2.23. The van der Waals surface area contributed by atoms with Crippen LogP contribution in [0.1, 0.15) is 0 Å². The van der Waals surface area contributed by atoms with Gasteiger partial charge >= 0.3 is 0 Å². The van der Waals surface area contributed by atoms with Gasteiger partial charge in [-0.2, -0.15) is 0 Å². The Morgan fingerprint density at radius 1 is 1.07 bits per heavy atom. The Hall–Kier alpha value is -0.600. The van der Waals surface area contributed by atoms with E-state index in [1.54, 1.807) is 0 Å². The van der Waals surface area contributed by atoms with Gasteiger partial charge in [0, 0.05) is 43.3 Å². The number of hydrogen-bond acceptors (Lipinski definition) is 2. The molecule has 1 aromatic rings. The molecular weight excluding hydrogens is 231 g/mol. The summed E-state index contributed by atoms with van der Waals surface area (Å²) < 4.78 is 0. The molecule has 0 spiro atoms. The lowest BCUT2D eigenvalue weighted by Crippen LogP contribution is -2.27. The summed E-state index contributed by atoms with van der Waals surface area (Å²) >= 11 is 11.5. The highest BCUT2D eigenvalue weighted by atomic mass is 35.5. The Kier molecular flexibility index (Phi) is 5.66. The van der Waals surface area contributed by atoms with Crippen molar-refractivity contribution in [2.45, 2.75) is 0 Å². The molecule has 0 aliphatic carbocycles. The molecule has 0 heterocycles. The number of nitrogens with one attached hydrogen (secondary N) is 1. The first-order chi connectivity index (χ1) is 7.31. The average Bonchev–Trinajstić information content (AvgIpc) is 2.29.